The van der Waals surface area contributed by atoms with Crippen LogP contribution in [0.3, 0.4) is 0 Å². The van der Waals surface area contributed by atoms with E-state index in [-0.39, 0.29) is 0 Å². The van der Waals surface area contributed by atoms with Crippen LogP contribution in [0.4, 0.5) is 5.82 Å². The van der Waals surface area contributed by atoms with Gasteiger partial charge < -0.3 is 4.90 Å². The highest BCUT2D eigenvalue weighted by Gasteiger charge is 2.16. The Hall–Kier alpha value is -2.09. The number of aromatic nitrogens is 3. The van der Waals surface area contributed by atoms with Crippen molar-refractivity contribution < 1.29 is 0 Å². The van der Waals surface area contributed by atoms with Crippen LogP contribution in [-0.2, 0) is 0 Å². The van der Waals surface area contributed by atoms with Crippen LogP contribution in [0.15, 0.2) is 18.5 Å². The van der Waals surface area contributed by atoms with Crippen LogP contribution in [0.5, 0.6) is 0 Å². The largest absolute Gasteiger partial charge is 0.354 e. The van der Waals surface area contributed by atoms with Gasteiger partial charge in [-0.05, 0) is 17.9 Å². The van der Waals surface area contributed by atoms with Crippen LogP contribution in [0.2, 0.25) is 0 Å². The van der Waals surface area contributed by atoms with Crippen molar-refractivity contribution in [1.82, 2.24) is 14.6 Å². The fourth-order valence-corrected chi connectivity index (χ4v) is 2.36. The molecule has 0 N–H and O–H groups in total. The Labute approximate surface area is 126 Å². The third-order valence-electron chi connectivity index (χ3n) is 3.36. The molecule has 0 saturated carbocycles. The molecule has 5 heteroatoms. The summed E-state index contributed by atoms with van der Waals surface area (Å²) in [4.78, 5) is 6.73. The summed E-state index contributed by atoms with van der Waals surface area (Å²) in [6.07, 6.45) is 4.16. The maximum atomic E-state index is 8.87. The number of nitrogens with zero attached hydrogens (tertiary/aromatic N) is 5. The summed E-state index contributed by atoms with van der Waals surface area (Å²) in [5, 5.41) is 13.5. The molecule has 0 radical (unpaired) electrons. The molecule has 0 aliphatic carbocycles. The summed E-state index contributed by atoms with van der Waals surface area (Å²) in [6.45, 7) is 10.2. The van der Waals surface area contributed by atoms with Crippen molar-refractivity contribution in [2.75, 3.05) is 18.0 Å². The highest BCUT2D eigenvalue weighted by molar-refractivity contribution is 5.69. The summed E-state index contributed by atoms with van der Waals surface area (Å²) < 4.78 is 1.89. The van der Waals surface area contributed by atoms with Crippen molar-refractivity contribution >= 4 is 11.3 Å². The first-order valence-corrected chi connectivity index (χ1v) is 7.49. The van der Waals surface area contributed by atoms with E-state index in [0.29, 0.717) is 24.8 Å². The van der Waals surface area contributed by atoms with Crippen molar-refractivity contribution in [3.05, 3.63) is 24.2 Å². The normalized spacial score (nSPS) is 11.3. The van der Waals surface area contributed by atoms with E-state index in [4.69, 9.17) is 5.26 Å². The Morgan fingerprint density at radius 3 is 2.71 bits per heavy atom. The van der Waals surface area contributed by atoms with Crippen LogP contribution in [0.25, 0.3) is 5.52 Å². The zero-order valence-electron chi connectivity index (χ0n) is 13.2. The number of rotatable bonds is 6. The summed E-state index contributed by atoms with van der Waals surface area (Å²) in [5.41, 5.74) is 2.08. The van der Waals surface area contributed by atoms with Gasteiger partial charge in [-0.2, -0.15) is 10.4 Å². The molecule has 0 aliphatic rings. The maximum Gasteiger partial charge on any atom is 0.154 e. The molecule has 2 aromatic rings. The van der Waals surface area contributed by atoms with Crippen molar-refractivity contribution in [3.8, 4) is 6.07 Å². The van der Waals surface area contributed by atoms with Crippen LogP contribution in [-0.4, -0.2) is 27.7 Å². The number of anilines is 1. The van der Waals surface area contributed by atoms with Crippen LogP contribution < -0.4 is 4.90 Å². The lowest BCUT2D eigenvalue weighted by atomic mass is 10.1. The third kappa shape index (κ3) is 3.52. The summed E-state index contributed by atoms with van der Waals surface area (Å²) >= 11 is 0. The van der Waals surface area contributed by atoms with Crippen LogP contribution in [0, 0.1) is 17.2 Å². The molecule has 21 heavy (non-hydrogen) atoms. The predicted octanol–water partition coefficient (Wildman–Crippen LogP) is 3.23. The van der Waals surface area contributed by atoms with E-state index in [9.17, 15) is 0 Å². The molecule has 0 unspecified atom stereocenters. The molecule has 2 heterocycles. The second-order valence-electron chi connectivity index (χ2n) is 6.05. The van der Waals surface area contributed by atoms with Gasteiger partial charge in [0.1, 0.15) is 5.52 Å². The van der Waals surface area contributed by atoms with Crippen LogP contribution >= 0.6 is 0 Å². The van der Waals surface area contributed by atoms with Crippen LogP contribution in [0.1, 0.15) is 45.7 Å². The lowest BCUT2D eigenvalue weighted by molar-refractivity contribution is 0.608. The Morgan fingerprint density at radius 2 is 2.10 bits per heavy atom. The minimum absolute atomic E-state index is 0.385. The fourth-order valence-electron chi connectivity index (χ4n) is 2.36. The van der Waals surface area contributed by atoms with Gasteiger partial charge >= 0.3 is 0 Å². The SMILES string of the molecule is CC(C)CN(CCC#N)c1nccn2nc(C(C)C)cc12. The monoisotopic (exact) mass is 285 g/mol. The van der Waals surface area contributed by atoms with Gasteiger partial charge in [0.05, 0.1) is 18.2 Å². The van der Waals surface area contributed by atoms with Gasteiger partial charge in [0.25, 0.3) is 0 Å². The maximum absolute atomic E-state index is 8.87. The zero-order valence-corrected chi connectivity index (χ0v) is 13.2. The topological polar surface area (TPSA) is 57.2 Å². The standard InChI is InChI=1S/C16H23N5/c1-12(2)11-20(8-5-6-17)16-15-10-14(13(3)4)19-21(15)9-7-18-16/h7,9-10,12-13H,5,8,11H2,1-4H3. The minimum atomic E-state index is 0.385. The molecule has 2 rings (SSSR count). The van der Waals surface area contributed by atoms with Gasteiger partial charge in [-0.3, -0.25) is 0 Å². The molecule has 0 saturated heterocycles. The minimum Gasteiger partial charge on any atom is -0.354 e. The quantitative estimate of drug-likeness (QED) is 0.817. The first kappa shape index (κ1) is 15.3. The second kappa shape index (κ2) is 6.57. The Morgan fingerprint density at radius 1 is 1.33 bits per heavy atom. The van der Waals surface area contributed by atoms with Gasteiger partial charge in [0.15, 0.2) is 5.82 Å². The van der Waals surface area contributed by atoms with E-state index in [0.717, 1.165) is 23.6 Å². The molecule has 0 atom stereocenters. The molecular formula is C16H23N5. The van der Waals surface area contributed by atoms with E-state index in [1.165, 1.54) is 0 Å². The Balaban J connectivity index is 2.43. The Bertz CT molecular complexity index is 636. The highest BCUT2D eigenvalue weighted by Crippen LogP contribution is 2.23. The average molecular weight is 285 g/mol. The first-order valence-electron chi connectivity index (χ1n) is 7.49. The van der Waals surface area contributed by atoms with Crippen molar-refractivity contribution in [1.29, 1.82) is 5.26 Å². The smallest absolute Gasteiger partial charge is 0.154 e. The number of nitriles is 1. The third-order valence-corrected chi connectivity index (χ3v) is 3.36. The molecule has 2 aromatic heterocycles. The molecule has 0 amide bonds. The van der Waals surface area contributed by atoms with Crippen molar-refractivity contribution in [3.63, 3.8) is 0 Å². The van der Waals surface area contributed by atoms with Gasteiger partial charge in [-0.1, -0.05) is 27.7 Å². The van der Waals surface area contributed by atoms with Crippen molar-refractivity contribution in [2.45, 2.75) is 40.0 Å². The molecule has 0 fully saturated rings. The van der Waals surface area contributed by atoms with E-state index in [1.54, 1.807) is 6.20 Å². The zero-order chi connectivity index (χ0) is 15.4. The lowest BCUT2D eigenvalue weighted by Gasteiger charge is -2.25. The molecule has 5 nitrogen and oxygen atoms in total. The first-order chi connectivity index (χ1) is 10.0. The summed E-state index contributed by atoms with van der Waals surface area (Å²) in [7, 11) is 0. The van der Waals surface area contributed by atoms with Crippen molar-refractivity contribution in [2.24, 2.45) is 5.92 Å². The molecule has 112 valence electrons. The number of hydrogen-bond acceptors (Lipinski definition) is 4. The van der Waals surface area contributed by atoms with E-state index in [2.05, 4.69) is 54.8 Å². The number of fused-ring (bicyclic) bond motifs is 1. The predicted molar refractivity (Wildman–Crippen MR) is 84.4 cm³/mol. The molecular weight excluding hydrogens is 262 g/mol. The summed E-state index contributed by atoms with van der Waals surface area (Å²) in [6, 6.07) is 4.32. The van der Waals surface area contributed by atoms with Gasteiger partial charge in [0, 0.05) is 25.5 Å². The highest BCUT2D eigenvalue weighted by atomic mass is 15.3. The Kier molecular flexibility index (Phi) is 4.79. The molecule has 0 aromatic carbocycles. The van der Waals surface area contributed by atoms with Gasteiger partial charge in [0.2, 0.25) is 0 Å². The number of hydrogen-bond donors (Lipinski definition) is 0. The average Bonchev–Trinajstić information content (AvgIpc) is 2.87. The second-order valence-corrected chi connectivity index (χ2v) is 6.05. The fraction of sp³-hybridized carbons (Fsp3) is 0.562. The lowest BCUT2D eigenvalue weighted by Crippen LogP contribution is -2.29. The molecule has 0 spiro atoms. The van der Waals surface area contributed by atoms with E-state index >= 15 is 0 Å². The van der Waals surface area contributed by atoms with E-state index < -0.39 is 0 Å². The van der Waals surface area contributed by atoms with Gasteiger partial charge in [-0.15, -0.1) is 0 Å². The molecule has 0 aliphatic heterocycles. The van der Waals surface area contributed by atoms with E-state index in [1.807, 2.05) is 10.7 Å². The van der Waals surface area contributed by atoms with Gasteiger partial charge in [-0.25, -0.2) is 9.50 Å². The summed E-state index contributed by atoms with van der Waals surface area (Å²) in [5.74, 6) is 1.81. The molecule has 0 bridgehead atoms.